The molecule has 0 bridgehead atoms. The molecular weight excluding hydrogens is 568 g/mol. The average Bonchev–Trinajstić information content (AvgIpc) is 3.25. The lowest BCUT2D eigenvalue weighted by atomic mass is 9.88. The van der Waals surface area contributed by atoms with E-state index in [0.717, 1.165) is 40.4 Å². The van der Waals surface area contributed by atoms with Crippen molar-refractivity contribution in [3.8, 4) is 11.1 Å². The molecule has 1 aliphatic heterocycles. The first-order valence-corrected chi connectivity index (χ1v) is 13.9. The van der Waals surface area contributed by atoms with E-state index in [0.29, 0.717) is 15.8 Å². The summed E-state index contributed by atoms with van der Waals surface area (Å²) < 4.78 is 33.0. The van der Waals surface area contributed by atoms with E-state index in [2.05, 4.69) is 4.18 Å². The maximum absolute atomic E-state index is 12.7. The number of imide groups is 1. The summed E-state index contributed by atoms with van der Waals surface area (Å²) >= 11 is 0. The molecule has 218 valence electrons. The van der Waals surface area contributed by atoms with Crippen LogP contribution in [-0.4, -0.2) is 54.0 Å². The highest BCUT2D eigenvalue weighted by Gasteiger charge is 2.33. The largest absolute Gasteiger partial charge is 0.726 e. The standard InChI is InChI=1S/C28H22N2O6.CH4O4S/c1-15-13-17(28(35)36-30-22(31)11-12-23(30)32)14-16(2)24(15)19-8-6-10-21-25(19)26(27(33)34)18-7-4-5-9-20(18)29(21)3;1-5-6(2,3)4/h4-10,13-14H,11-12H2,1-3H3;1H3,(H,2,3,4). The SMILES string of the molecule is COS(=O)(=O)[O-].Cc1cc(C(=O)ON2C(=O)CCC2=O)cc(C)c1-c1cccc2c1c(C(=O)O)c1ccccc1[n+]2C. The lowest BCUT2D eigenvalue weighted by Crippen LogP contribution is -2.32. The number of amides is 2. The van der Waals surface area contributed by atoms with Crippen LogP contribution in [0.5, 0.6) is 0 Å². The van der Waals surface area contributed by atoms with Crippen LogP contribution in [0, 0.1) is 13.8 Å². The minimum absolute atomic E-state index is 0.0161. The van der Waals surface area contributed by atoms with Gasteiger partial charge in [0.15, 0.2) is 0 Å². The van der Waals surface area contributed by atoms with E-state index in [9.17, 15) is 37.3 Å². The molecule has 42 heavy (non-hydrogen) atoms. The number of rotatable bonds is 5. The van der Waals surface area contributed by atoms with Crippen LogP contribution < -0.4 is 4.57 Å². The Labute approximate surface area is 240 Å². The van der Waals surface area contributed by atoms with Gasteiger partial charge in [0.25, 0.3) is 11.8 Å². The third kappa shape index (κ3) is 5.84. The second kappa shape index (κ2) is 11.6. The minimum atomic E-state index is -4.41. The molecule has 2 amide bonds. The number of hydroxylamine groups is 2. The lowest BCUT2D eigenvalue weighted by Gasteiger charge is -2.17. The van der Waals surface area contributed by atoms with Crippen LogP contribution in [0.15, 0.2) is 54.6 Å². The van der Waals surface area contributed by atoms with Crippen LogP contribution >= 0.6 is 0 Å². The molecular formula is C29H26N2O10S. The van der Waals surface area contributed by atoms with Crippen molar-refractivity contribution < 1.29 is 50.8 Å². The highest BCUT2D eigenvalue weighted by Crippen LogP contribution is 2.37. The average molecular weight is 595 g/mol. The van der Waals surface area contributed by atoms with Gasteiger partial charge in [-0.05, 0) is 54.3 Å². The van der Waals surface area contributed by atoms with Crippen LogP contribution in [0.1, 0.15) is 44.7 Å². The molecule has 3 aromatic carbocycles. The van der Waals surface area contributed by atoms with E-state index in [4.69, 9.17) is 4.84 Å². The third-order valence-electron chi connectivity index (χ3n) is 6.82. The van der Waals surface area contributed by atoms with Crippen LogP contribution in [0.4, 0.5) is 0 Å². The number of carboxylic acids is 1. The second-order valence-corrected chi connectivity index (χ2v) is 10.6. The molecule has 0 atom stereocenters. The summed E-state index contributed by atoms with van der Waals surface area (Å²) in [5.74, 6) is -2.93. The number of carbonyl (C=O) groups is 4. The Morgan fingerprint density at radius 2 is 1.50 bits per heavy atom. The van der Waals surface area contributed by atoms with Gasteiger partial charge in [-0.25, -0.2) is 18.0 Å². The van der Waals surface area contributed by atoms with Crippen molar-refractivity contribution in [1.29, 1.82) is 0 Å². The lowest BCUT2D eigenvalue weighted by molar-refractivity contribution is -0.617. The summed E-state index contributed by atoms with van der Waals surface area (Å²) in [6, 6.07) is 16.3. The van der Waals surface area contributed by atoms with E-state index >= 15 is 0 Å². The van der Waals surface area contributed by atoms with E-state index in [1.54, 1.807) is 18.2 Å². The normalized spacial score (nSPS) is 13.3. The maximum Gasteiger partial charge on any atom is 0.363 e. The van der Waals surface area contributed by atoms with E-state index in [1.165, 1.54) is 0 Å². The summed E-state index contributed by atoms with van der Waals surface area (Å²) in [5.41, 5.74) is 4.93. The highest BCUT2D eigenvalue weighted by molar-refractivity contribution is 7.80. The fourth-order valence-corrected chi connectivity index (χ4v) is 5.05. The molecule has 0 saturated carbocycles. The summed E-state index contributed by atoms with van der Waals surface area (Å²) in [5, 5.41) is 12.0. The minimum Gasteiger partial charge on any atom is -0.726 e. The molecule has 2 heterocycles. The predicted molar refractivity (Wildman–Crippen MR) is 148 cm³/mol. The van der Waals surface area contributed by atoms with Crippen LogP contribution in [0.3, 0.4) is 0 Å². The Morgan fingerprint density at radius 1 is 0.952 bits per heavy atom. The molecule has 1 aromatic heterocycles. The Hall–Kier alpha value is -4.72. The van der Waals surface area contributed by atoms with Gasteiger partial charge >= 0.3 is 11.9 Å². The Kier molecular flexibility index (Phi) is 8.38. The molecule has 1 fully saturated rings. The number of benzene rings is 3. The topological polar surface area (TPSA) is 171 Å². The number of fused-ring (bicyclic) bond motifs is 2. The number of para-hydroxylation sites is 1. The molecule has 0 aliphatic carbocycles. The molecule has 1 saturated heterocycles. The van der Waals surface area contributed by atoms with Crippen molar-refractivity contribution >= 4 is 56.0 Å². The molecule has 0 unspecified atom stereocenters. The van der Waals surface area contributed by atoms with E-state index < -0.39 is 34.2 Å². The van der Waals surface area contributed by atoms with Crippen LogP contribution in [0.25, 0.3) is 32.9 Å². The van der Waals surface area contributed by atoms with Gasteiger partial charge in [0.05, 0.1) is 29.0 Å². The number of nitrogens with zero attached hydrogens (tertiary/aromatic N) is 2. The number of carboxylic acid groups (broad SMARTS) is 1. The van der Waals surface area contributed by atoms with Crippen molar-refractivity contribution in [2.45, 2.75) is 26.7 Å². The number of pyridine rings is 1. The van der Waals surface area contributed by atoms with E-state index in [-0.39, 0.29) is 24.0 Å². The first kappa shape index (κ1) is 30.2. The number of aryl methyl sites for hydroxylation is 3. The molecule has 5 rings (SSSR count). The van der Waals surface area contributed by atoms with Crippen molar-refractivity contribution in [1.82, 2.24) is 5.06 Å². The first-order chi connectivity index (χ1) is 19.7. The number of aromatic carboxylic acids is 1. The van der Waals surface area contributed by atoms with Gasteiger partial charge in [0.1, 0.15) is 7.05 Å². The van der Waals surface area contributed by atoms with Gasteiger partial charge in [-0.15, -0.1) is 5.06 Å². The van der Waals surface area contributed by atoms with Gasteiger partial charge < -0.3 is 14.5 Å². The molecule has 0 spiro atoms. The van der Waals surface area contributed by atoms with Gasteiger partial charge in [0.2, 0.25) is 21.4 Å². The second-order valence-electron chi connectivity index (χ2n) is 9.48. The van der Waals surface area contributed by atoms with Crippen molar-refractivity contribution in [2.75, 3.05) is 7.11 Å². The van der Waals surface area contributed by atoms with Crippen molar-refractivity contribution in [2.24, 2.45) is 7.05 Å². The molecule has 0 radical (unpaired) electrons. The number of hydrogen-bond donors (Lipinski definition) is 1. The van der Waals surface area contributed by atoms with E-state index in [1.807, 2.05) is 61.9 Å². The molecule has 12 nitrogen and oxygen atoms in total. The third-order valence-corrected chi connectivity index (χ3v) is 7.23. The van der Waals surface area contributed by atoms with Crippen molar-refractivity contribution in [3.05, 3.63) is 76.9 Å². The fraction of sp³-hybridized carbons (Fsp3) is 0.207. The quantitative estimate of drug-likeness (QED) is 0.119. The zero-order valence-electron chi connectivity index (χ0n) is 23.0. The Morgan fingerprint density at radius 3 is 2.05 bits per heavy atom. The van der Waals surface area contributed by atoms with Gasteiger partial charge in [-0.1, -0.05) is 24.3 Å². The molecule has 4 aromatic rings. The fourth-order valence-electron chi connectivity index (χ4n) is 5.05. The van der Waals surface area contributed by atoms with Gasteiger partial charge in [-0.2, -0.15) is 4.57 Å². The van der Waals surface area contributed by atoms with Gasteiger partial charge in [-0.3, -0.25) is 13.8 Å². The van der Waals surface area contributed by atoms with Crippen LogP contribution in [0.2, 0.25) is 0 Å². The smallest absolute Gasteiger partial charge is 0.363 e. The zero-order chi connectivity index (χ0) is 30.9. The summed E-state index contributed by atoms with van der Waals surface area (Å²) in [4.78, 5) is 54.0. The molecule has 13 heteroatoms. The highest BCUT2D eigenvalue weighted by atomic mass is 32.3. The summed E-state index contributed by atoms with van der Waals surface area (Å²) in [6.07, 6.45) is 0.0322. The number of carbonyl (C=O) groups excluding carboxylic acids is 3. The zero-order valence-corrected chi connectivity index (χ0v) is 23.9. The van der Waals surface area contributed by atoms with Crippen molar-refractivity contribution in [3.63, 3.8) is 0 Å². The predicted octanol–water partition coefficient (Wildman–Crippen LogP) is 3.11. The Balaban J connectivity index is 0.000000612. The Bertz CT molecular complexity index is 1860. The monoisotopic (exact) mass is 594 g/mol. The summed E-state index contributed by atoms with van der Waals surface area (Å²) in [6.45, 7) is 3.65. The summed E-state index contributed by atoms with van der Waals surface area (Å²) in [7, 11) is -1.70. The maximum atomic E-state index is 12.7. The number of hydrogen-bond acceptors (Lipinski definition) is 9. The molecule has 1 N–H and O–H groups in total. The first-order valence-electron chi connectivity index (χ1n) is 12.5. The number of aromatic nitrogens is 1. The van der Waals surface area contributed by atoms with Gasteiger partial charge in [0, 0.05) is 25.0 Å². The van der Waals surface area contributed by atoms with Crippen LogP contribution in [-0.2, 0) is 36.1 Å². The molecule has 1 aliphatic rings.